The maximum absolute atomic E-state index is 11.5. The fourth-order valence-corrected chi connectivity index (χ4v) is 4.60. The SMILES string of the molecule is CCCN(CCC)C1Cc2cc3[nH]cc(-c4ccccc4C=O)c3cc2C1. The largest absolute Gasteiger partial charge is 0.361 e. The number of aromatic nitrogens is 1. The minimum atomic E-state index is 0.622. The number of carbonyl (C=O) groups excluding carboxylic acids is 1. The fraction of sp³-hybridized carbons (Fsp3) is 0.375. The lowest BCUT2D eigenvalue weighted by atomic mass is 9.98. The van der Waals surface area contributed by atoms with Crippen LogP contribution in [0.25, 0.3) is 22.0 Å². The molecular formula is C24H28N2O. The van der Waals surface area contributed by atoms with Crippen molar-refractivity contribution in [2.45, 2.75) is 45.6 Å². The number of nitrogens with one attached hydrogen (secondary N) is 1. The zero-order chi connectivity index (χ0) is 18.8. The monoisotopic (exact) mass is 360 g/mol. The van der Waals surface area contributed by atoms with Crippen molar-refractivity contribution in [3.63, 3.8) is 0 Å². The molecule has 1 aromatic heterocycles. The minimum absolute atomic E-state index is 0.622. The third kappa shape index (κ3) is 3.32. The Bertz CT molecular complexity index is 950. The van der Waals surface area contributed by atoms with Crippen LogP contribution in [-0.2, 0) is 12.8 Å². The first kappa shape index (κ1) is 18.0. The number of aromatic amines is 1. The molecule has 0 fully saturated rings. The van der Waals surface area contributed by atoms with Crippen molar-refractivity contribution in [1.82, 2.24) is 9.88 Å². The molecule has 0 saturated carbocycles. The second-order valence-corrected chi connectivity index (χ2v) is 7.67. The van der Waals surface area contributed by atoms with Crippen molar-refractivity contribution in [3.05, 3.63) is 59.3 Å². The fourth-order valence-electron chi connectivity index (χ4n) is 4.60. The molecule has 2 aromatic carbocycles. The van der Waals surface area contributed by atoms with Crippen LogP contribution in [0.3, 0.4) is 0 Å². The van der Waals surface area contributed by atoms with Crippen molar-refractivity contribution in [3.8, 4) is 11.1 Å². The summed E-state index contributed by atoms with van der Waals surface area (Å²) in [5.41, 5.74) is 6.98. The molecule has 140 valence electrons. The molecule has 1 aliphatic carbocycles. The summed E-state index contributed by atoms with van der Waals surface area (Å²) in [6.07, 6.45) is 7.68. The zero-order valence-corrected chi connectivity index (χ0v) is 16.3. The molecule has 27 heavy (non-hydrogen) atoms. The van der Waals surface area contributed by atoms with Crippen LogP contribution in [0.5, 0.6) is 0 Å². The lowest BCUT2D eigenvalue weighted by Gasteiger charge is -2.27. The van der Waals surface area contributed by atoms with Gasteiger partial charge in [-0.05, 0) is 67.6 Å². The van der Waals surface area contributed by atoms with Gasteiger partial charge in [0, 0.05) is 34.3 Å². The average molecular weight is 361 g/mol. The molecule has 1 N–H and O–H groups in total. The highest BCUT2D eigenvalue weighted by Gasteiger charge is 2.27. The first-order valence-corrected chi connectivity index (χ1v) is 10.2. The number of H-pyrrole nitrogens is 1. The van der Waals surface area contributed by atoms with Crippen LogP contribution in [0.1, 0.15) is 48.2 Å². The Labute approximate surface area is 161 Å². The summed E-state index contributed by atoms with van der Waals surface area (Å²) in [5, 5.41) is 1.22. The van der Waals surface area contributed by atoms with E-state index in [1.165, 1.54) is 48.0 Å². The van der Waals surface area contributed by atoms with Crippen LogP contribution in [0.4, 0.5) is 0 Å². The van der Waals surface area contributed by atoms with Crippen LogP contribution >= 0.6 is 0 Å². The van der Waals surface area contributed by atoms with Gasteiger partial charge in [-0.3, -0.25) is 9.69 Å². The Hall–Kier alpha value is -2.39. The van der Waals surface area contributed by atoms with Gasteiger partial charge in [0.2, 0.25) is 0 Å². The normalized spacial score (nSPS) is 16.2. The van der Waals surface area contributed by atoms with Crippen molar-refractivity contribution in [2.24, 2.45) is 0 Å². The lowest BCUT2D eigenvalue weighted by molar-refractivity contribution is 0.112. The Morgan fingerprint density at radius 1 is 1.04 bits per heavy atom. The van der Waals surface area contributed by atoms with E-state index in [0.29, 0.717) is 6.04 Å². The second-order valence-electron chi connectivity index (χ2n) is 7.67. The van der Waals surface area contributed by atoms with Crippen LogP contribution in [0, 0.1) is 0 Å². The number of benzene rings is 2. The Morgan fingerprint density at radius 3 is 2.44 bits per heavy atom. The van der Waals surface area contributed by atoms with E-state index in [2.05, 4.69) is 35.9 Å². The van der Waals surface area contributed by atoms with Gasteiger partial charge in [-0.2, -0.15) is 0 Å². The van der Waals surface area contributed by atoms with Gasteiger partial charge in [0.05, 0.1) is 0 Å². The van der Waals surface area contributed by atoms with Gasteiger partial charge < -0.3 is 4.98 Å². The molecule has 1 aliphatic rings. The quantitative estimate of drug-likeness (QED) is 0.585. The number of carbonyl (C=O) groups is 1. The molecule has 0 saturated heterocycles. The first-order valence-electron chi connectivity index (χ1n) is 10.2. The number of hydrogen-bond donors (Lipinski definition) is 1. The van der Waals surface area contributed by atoms with E-state index in [1.807, 2.05) is 30.5 Å². The van der Waals surface area contributed by atoms with Gasteiger partial charge in [-0.25, -0.2) is 0 Å². The highest BCUT2D eigenvalue weighted by Crippen LogP contribution is 2.35. The molecule has 0 radical (unpaired) electrons. The lowest BCUT2D eigenvalue weighted by Crippen LogP contribution is -2.37. The van der Waals surface area contributed by atoms with E-state index in [4.69, 9.17) is 0 Å². The summed E-state index contributed by atoms with van der Waals surface area (Å²) in [6.45, 7) is 6.90. The maximum atomic E-state index is 11.5. The summed E-state index contributed by atoms with van der Waals surface area (Å²) in [5.74, 6) is 0. The van der Waals surface area contributed by atoms with E-state index >= 15 is 0 Å². The maximum Gasteiger partial charge on any atom is 0.150 e. The minimum Gasteiger partial charge on any atom is -0.361 e. The van der Waals surface area contributed by atoms with Crippen LogP contribution < -0.4 is 0 Å². The molecule has 0 bridgehead atoms. The van der Waals surface area contributed by atoms with Gasteiger partial charge in [-0.1, -0.05) is 38.1 Å². The number of hydrogen-bond acceptors (Lipinski definition) is 2. The number of aldehydes is 1. The van der Waals surface area contributed by atoms with Crippen molar-refractivity contribution in [1.29, 1.82) is 0 Å². The number of nitrogens with zero attached hydrogens (tertiary/aromatic N) is 1. The van der Waals surface area contributed by atoms with Crippen LogP contribution in [0.15, 0.2) is 42.6 Å². The summed E-state index contributed by atoms with van der Waals surface area (Å²) in [6, 6.07) is 13.1. The topological polar surface area (TPSA) is 36.1 Å². The predicted molar refractivity (Wildman–Crippen MR) is 112 cm³/mol. The summed E-state index contributed by atoms with van der Waals surface area (Å²) < 4.78 is 0. The average Bonchev–Trinajstić information content (AvgIpc) is 3.29. The van der Waals surface area contributed by atoms with Gasteiger partial charge in [0.15, 0.2) is 6.29 Å². The molecular weight excluding hydrogens is 332 g/mol. The van der Waals surface area contributed by atoms with E-state index < -0.39 is 0 Å². The molecule has 0 amide bonds. The Kier molecular flexibility index (Phi) is 5.13. The van der Waals surface area contributed by atoms with E-state index in [9.17, 15) is 4.79 Å². The Morgan fingerprint density at radius 2 is 1.74 bits per heavy atom. The summed E-state index contributed by atoms with van der Waals surface area (Å²) in [7, 11) is 0. The van der Waals surface area contributed by atoms with E-state index in [-0.39, 0.29) is 0 Å². The third-order valence-electron chi connectivity index (χ3n) is 5.83. The second kappa shape index (κ2) is 7.69. The first-order chi connectivity index (χ1) is 13.2. The van der Waals surface area contributed by atoms with Crippen molar-refractivity contribution >= 4 is 17.2 Å². The molecule has 0 aliphatic heterocycles. The van der Waals surface area contributed by atoms with E-state index in [1.54, 1.807) is 0 Å². The highest BCUT2D eigenvalue weighted by atomic mass is 16.1. The van der Waals surface area contributed by atoms with Crippen LogP contribution in [-0.4, -0.2) is 35.3 Å². The molecule has 1 unspecified atom stereocenters. The molecule has 3 nitrogen and oxygen atoms in total. The summed E-state index contributed by atoms with van der Waals surface area (Å²) in [4.78, 5) is 17.6. The predicted octanol–water partition coefficient (Wildman–Crippen LogP) is 5.24. The van der Waals surface area contributed by atoms with Gasteiger partial charge >= 0.3 is 0 Å². The van der Waals surface area contributed by atoms with Gasteiger partial charge in [0.1, 0.15) is 0 Å². The molecule has 1 heterocycles. The summed E-state index contributed by atoms with van der Waals surface area (Å²) >= 11 is 0. The molecule has 1 atom stereocenters. The molecule has 3 heteroatoms. The van der Waals surface area contributed by atoms with E-state index in [0.717, 1.165) is 35.8 Å². The molecule has 4 rings (SSSR count). The van der Waals surface area contributed by atoms with Crippen molar-refractivity contribution < 1.29 is 4.79 Å². The standard InChI is InChI=1S/C24H28N2O/c1-3-9-26(10-4-2)20-11-18-13-22-23(15-25-24(22)14-19(18)12-20)21-8-6-5-7-17(21)16-27/h5-8,13-16,20,25H,3-4,9-12H2,1-2H3. The number of rotatable bonds is 7. The van der Waals surface area contributed by atoms with Crippen molar-refractivity contribution in [2.75, 3.05) is 13.1 Å². The zero-order valence-electron chi connectivity index (χ0n) is 16.3. The molecule has 0 spiro atoms. The van der Waals surface area contributed by atoms with Crippen LogP contribution in [0.2, 0.25) is 0 Å². The Balaban J connectivity index is 1.70. The van der Waals surface area contributed by atoms with Gasteiger partial charge in [0.25, 0.3) is 0 Å². The molecule has 3 aromatic rings. The smallest absolute Gasteiger partial charge is 0.150 e. The third-order valence-corrected chi connectivity index (χ3v) is 5.83. The highest BCUT2D eigenvalue weighted by molar-refractivity contribution is 6.00. The van der Waals surface area contributed by atoms with Gasteiger partial charge in [-0.15, -0.1) is 0 Å². The number of fused-ring (bicyclic) bond motifs is 2.